The van der Waals surface area contributed by atoms with Crippen molar-refractivity contribution < 1.29 is 5.11 Å². The second kappa shape index (κ2) is 7.22. The van der Waals surface area contributed by atoms with Crippen molar-refractivity contribution in [1.29, 1.82) is 0 Å². The van der Waals surface area contributed by atoms with Gasteiger partial charge in [-0.15, -0.1) is 12.4 Å². The van der Waals surface area contributed by atoms with Crippen molar-refractivity contribution in [1.82, 2.24) is 5.32 Å². The fourth-order valence-electron chi connectivity index (χ4n) is 1.72. The summed E-state index contributed by atoms with van der Waals surface area (Å²) < 4.78 is 0. The van der Waals surface area contributed by atoms with Crippen molar-refractivity contribution in [3.05, 3.63) is 34.9 Å². The number of hydrogen-bond acceptors (Lipinski definition) is 2. The van der Waals surface area contributed by atoms with Crippen molar-refractivity contribution in [2.75, 3.05) is 13.6 Å². The topological polar surface area (TPSA) is 32.3 Å². The van der Waals surface area contributed by atoms with Gasteiger partial charge in [0.2, 0.25) is 0 Å². The van der Waals surface area contributed by atoms with Crippen molar-refractivity contribution >= 4 is 24.0 Å². The zero-order valence-electron chi connectivity index (χ0n) is 10.5. The van der Waals surface area contributed by atoms with Crippen LogP contribution >= 0.6 is 24.0 Å². The highest BCUT2D eigenvalue weighted by molar-refractivity contribution is 6.30. The largest absolute Gasteiger partial charge is 0.390 e. The monoisotopic (exact) mass is 277 g/mol. The van der Waals surface area contributed by atoms with Gasteiger partial charge in [0.15, 0.2) is 0 Å². The molecule has 0 aliphatic carbocycles. The predicted molar refractivity (Wildman–Crippen MR) is 76.1 cm³/mol. The number of hydrogen-bond donors (Lipinski definition) is 2. The van der Waals surface area contributed by atoms with Gasteiger partial charge in [0.25, 0.3) is 0 Å². The molecule has 17 heavy (non-hydrogen) atoms. The van der Waals surface area contributed by atoms with Gasteiger partial charge in [0, 0.05) is 18.0 Å². The van der Waals surface area contributed by atoms with E-state index in [1.165, 1.54) is 0 Å². The molecule has 0 saturated carbocycles. The molecule has 0 heterocycles. The Balaban J connectivity index is 0.00000256. The van der Waals surface area contributed by atoms with Gasteiger partial charge in [-0.25, -0.2) is 0 Å². The highest BCUT2D eigenvalue weighted by atomic mass is 35.5. The summed E-state index contributed by atoms with van der Waals surface area (Å²) in [6.45, 7) is 4.73. The lowest BCUT2D eigenvalue weighted by molar-refractivity contribution is 0.00762. The van der Waals surface area contributed by atoms with Crippen LogP contribution in [0, 0.1) is 5.92 Å². The Bertz CT molecular complexity index is 325. The number of halogens is 2. The van der Waals surface area contributed by atoms with Gasteiger partial charge in [0.1, 0.15) is 0 Å². The molecule has 4 heteroatoms. The Morgan fingerprint density at radius 2 is 1.88 bits per heavy atom. The van der Waals surface area contributed by atoms with Crippen molar-refractivity contribution in [2.24, 2.45) is 5.92 Å². The van der Waals surface area contributed by atoms with E-state index in [-0.39, 0.29) is 18.3 Å². The second-order valence-corrected chi connectivity index (χ2v) is 5.06. The molecule has 0 amide bonds. The summed E-state index contributed by atoms with van der Waals surface area (Å²) in [6, 6.07) is 7.64. The van der Waals surface area contributed by atoms with Gasteiger partial charge in [-0.05, 0) is 37.6 Å². The summed E-state index contributed by atoms with van der Waals surface area (Å²) >= 11 is 5.82. The average Bonchev–Trinajstić information content (AvgIpc) is 2.21. The van der Waals surface area contributed by atoms with Crippen LogP contribution in [0.4, 0.5) is 0 Å². The molecule has 1 rings (SSSR count). The van der Waals surface area contributed by atoms with Crippen LogP contribution in [-0.2, 0) is 6.42 Å². The van der Waals surface area contributed by atoms with Gasteiger partial charge in [-0.1, -0.05) is 30.7 Å². The standard InChI is InChI=1S/C13H20ClNO.ClH/c1-10(9-15-3)13(2,16)8-11-4-6-12(14)7-5-11;/h4-7,10,15-16H,8-9H2,1-3H3;1H. The number of rotatable bonds is 5. The maximum absolute atomic E-state index is 10.4. The molecule has 2 atom stereocenters. The molecular formula is C13H21Cl2NO. The normalized spacial score (nSPS) is 15.8. The summed E-state index contributed by atoms with van der Waals surface area (Å²) in [6.07, 6.45) is 0.646. The third kappa shape index (κ3) is 5.26. The minimum Gasteiger partial charge on any atom is -0.390 e. The van der Waals surface area contributed by atoms with Crippen molar-refractivity contribution in [3.8, 4) is 0 Å². The first-order valence-corrected chi connectivity index (χ1v) is 5.95. The summed E-state index contributed by atoms with van der Waals surface area (Å²) in [5, 5.41) is 14.2. The molecule has 0 aromatic heterocycles. The molecule has 0 radical (unpaired) electrons. The zero-order chi connectivity index (χ0) is 12.2. The SMILES string of the molecule is CNCC(C)C(C)(O)Cc1ccc(Cl)cc1.Cl. The van der Waals surface area contributed by atoms with Gasteiger partial charge in [-0.3, -0.25) is 0 Å². The molecule has 2 nitrogen and oxygen atoms in total. The maximum atomic E-state index is 10.4. The van der Waals surface area contributed by atoms with E-state index in [0.29, 0.717) is 6.42 Å². The van der Waals surface area contributed by atoms with E-state index in [0.717, 1.165) is 17.1 Å². The highest BCUT2D eigenvalue weighted by Gasteiger charge is 2.27. The fraction of sp³-hybridized carbons (Fsp3) is 0.538. The molecule has 0 aliphatic rings. The third-order valence-electron chi connectivity index (χ3n) is 3.05. The molecule has 1 aromatic rings. The number of benzene rings is 1. The molecule has 1 aromatic carbocycles. The summed E-state index contributed by atoms with van der Waals surface area (Å²) in [5.41, 5.74) is 0.411. The number of nitrogens with one attached hydrogen (secondary N) is 1. The second-order valence-electron chi connectivity index (χ2n) is 4.62. The highest BCUT2D eigenvalue weighted by Crippen LogP contribution is 2.22. The molecule has 0 saturated heterocycles. The minimum atomic E-state index is -0.698. The van der Waals surface area contributed by atoms with Gasteiger partial charge in [0.05, 0.1) is 5.60 Å². The summed E-state index contributed by atoms with van der Waals surface area (Å²) in [4.78, 5) is 0. The Morgan fingerprint density at radius 3 is 2.35 bits per heavy atom. The maximum Gasteiger partial charge on any atom is 0.0697 e. The van der Waals surface area contributed by atoms with Crippen LogP contribution in [0.5, 0.6) is 0 Å². The van der Waals surface area contributed by atoms with E-state index in [1.807, 2.05) is 45.2 Å². The first kappa shape index (κ1) is 16.7. The van der Waals surface area contributed by atoms with Crippen LogP contribution in [-0.4, -0.2) is 24.3 Å². The summed E-state index contributed by atoms with van der Waals surface area (Å²) in [7, 11) is 1.90. The molecule has 2 N–H and O–H groups in total. The minimum absolute atomic E-state index is 0. The molecule has 98 valence electrons. The lowest BCUT2D eigenvalue weighted by Gasteiger charge is -2.30. The molecule has 0 spiro atoms. The van der Waals surface area contributed by atoms with Gasteiger partial charge < -0.3 is 10.4 Å². The quantitative estimate of drug-likeness (QED) is 0.868. The van der Waals surface area contributed by atoms with Crippen LogP contribution < -0.4 is 5.32 Å². The van der Waals surface area contributed by atoms with Crippen LogP contribution in [0.25, 0.3) is 0 Å². The van der Waals surface area contributed by atoms with Crippen LogP contribution in [0.15, 0.2) is 24.3 Å². The summed E-state index contributed by atoms with van der Waals surface area (Å²) in [5.74, 6) is 0.202. The van der Waals surface area contributed by atoms with Crippen LogP contribution in [0.1, 0.15) is 19.4 Å². The lowest BCUT2D eigenvalue weighted by atomic mass is 9.85. The van der Waals surface area contributed by atoms with E-state index >= 15 is 0 Å². The molecule has 0 aliphatic heterocycles. The molecular weight excluding hydrogens is 257 g/mol. The van der Waals surface area contributed by atoms with Gasteiger partial charge >= 0.3 is 0 Å². The van der Waals surface area contributed by atoms with E-state index in [4.69, 9.17) is 11.6 Å². The van der Waals surface area contributed by atoms with Crippen LogP contribution in [0.3, 0.4) is 0 Å². The Hall–Kier alpha value is -0.280. The fourth-order valence-corrected chi connectivity index (χ4v) is 1.84. The molecule has 2 unspecified atom stereocenters. The molecule has 0 fully saturated rings. The zero-order valence-corrected chi connectivity index (χ0v) is 12.1. The van der Waals surface area contributed by atoms with E-state index in [9.17, 15) is 5.11 Å². The van der Waals surface area contributed by atoms with Gasteiger partial charge in [-0.2, -0.15) is 0 Å². The Labute approximate surface area is 115 Å². The first-order valence-electron chi connectivity index (χ1n) is 5.57. The number of aliphatic hydroxyl groups is 1. The van der Waals surface area contributed by atoms with E-state index < -0.39 is 5.60 Å². The van der Waals surface area contributed by atoms with Crippen LogP contribution in [0.2, 0.25) is 5.02 Å². The average molecular weight is 278 g/mol. The lowest BCUT2D eigenvalue weighted by Crippen LogP contribution is -2.40. The third-order valence-corrected chi connectivity index (χ3v) is 3.30. The van der Waals surface area contributed by atoms with E-state index in [1.54, 1.807) is 0 Å². The first-order chi connectivity index (χ1) is 7.45. The predicted octanol–water partition coefficient (Wildman–Crippen LogP) is 2.91. The Kier molecular flexibility index (Phi) is 7.10. The Morgan fingerprint density at radius 1 is 1.35 bits per heavy atom. The van der Waals surface area contributed by atoms with E-state index in [2.05, 4.69) is 5.32 Å². The smallest absolute Gasteiger partial charge is 0.0697 e. The van der Waals surface area contributed by atoms with Crippen molar-refractivity contribution in [3.63, 3.8) is 0 Å². The molecule has 0 bridgehead atoms. The van der Waals surface area contributed by atoms with Crippen molar-refractivity contribution in [2.45, 2.75) is 25.9 Å².